The number of anilines is 1. The molecule has 0 unspecified atom stereocenters. The van der Waals surface area contributed by atoms with E-state index in [-0.39, 0.29) is 18.2 Å². The Morgan fingerprint density at radius 2 is 2.00 bits per heavy atom. The van der Waals surface area contributed by atoms with E-state index < -0.39 is 10.0 Å². The first kappa shape index (κ1) is 18.5. The van der Waals surface area contributed by atoms with Gasteiger partial charge in [0.1, 0.15) is 0 Å². The Balaban J connectivity index is 1.63. The van der Waals surface area contributed by atoms with Crippen LogP contribution in [0, 0.1) is 3.57 Å². The molecule has 0 radical (unpaired) electrons. The smallest absolute Gasteiger partial charge is 0.252 e. The van der Waals surface area contributed by atoms with Crippen molar-refractivity contribution in [1.82, 2.24) is 5.32 Å². The molecule has 0 saturated heterocycles. The molecule has 8 heteroatoms. The number of hydrogen-bond donors (Lipinski definition) is 1. The molecule has 1 aliphatic rings. The maximum atomic E-state index is 12.6. The lowest BCUT2D eigenvalue weighted by Gasteiger charge is -2.19. The van der Waals surface area contributed by atoms with Crippen molar-refractivity contribution in [1.29, 1.82) is 0 Å². The lowest BCUT2D eigenvalue weighted by atomic mass is 10.2. The second kappa shape index (κ2) is 7.51. The summed E-state index contributed by atoms with van der Waals surface area (Å²) in [6.45, 7) is 0.503. The zero-order valence-corrected chi connectivity index (χ0v) is 16.9. The molecular formula is C17H16ClIN2O3S. The van der Waals surface area contributed by atoms with Gasteiger partial charge in [0.2, 0.25) is 10.0 Å². The van der Waals surface area contributed by atoms with Gasteiger partial charge in [-0.1, -0.05) is 29.8 Å². The average molecular weight is 491 g/mol. The standard InChI is InChI=1S/C17H16ClIN2O3S/c18-13-5-6-14(15(19)11-13)17(22)20-8-10-25(23,24)21-9-7-12-3-1-2-4-16(12)21/h1-6,11H,7-10H2,(H,20,22). The largest absolute Gasteiger partial charge is 0.351 e. The summed E-state index contributed by atoms with van der Waals surface area (Å²) in [6.07, 6.45) is 0.713. The van der Waals surface area contributed by atoms with Crippen LogP contribution >= 0.6 is 34.2 Å². The Morgan fingerprint density at radius 1 is 1.24 bits per heavy atom. The van der Waals surface area contributed by atoms with E-state index in [0.29, 0.717) is 23.6 Å². The maximum absolute atomic E-state index is 12.6. The quantitative estimate of drug-likeness (QED) is 0.655. The number of nitrogens with zero attached hydrogens (tertiary/aromatic N) is 1. The molecule has 0 fully saturated rings. The molecule has 0 aromatic heterocycles. The van der Waals surface area contributed by atoms with Crippen LogP contribution in [0.1, 0.15) is 15.9 Å². The monoisotopic (exact) mass is 490 g/mol. The summed E-state index contributed by atoms with van der Waals surface area (Å²) in [5.41, 5.74) is 2.25. The lowest BCUT2D eigenvalue weighted by Crippen LogP contribution is -2.37. The highest BCUT2D eigenvalue weighted by atomic mass is 127. The van der Waals surface area contributed by atoms with Crippen molar-refractivity contribution in [2.24, 2.45) is 0 Å². The fourth-order valence-electron chi connectivity index (χ4n) is 2.77. The molecule has 3 rings (SSSR count). The third kappa shape index (κ3) is 4.09. The van der Waals surface area contributed by atoms with Gasteiger partial charge in [-0.15, -0.1) is 0 Å². The number of amides is 1. The minimum Gasteiger partial charge on any atom is -0.351 e. The van der Waals surface area contributed by atoms with Gasteiger partial charge in [-0.05, 0) is 58.8 Å². The number of fused-ring (bicyclic) bond motifs is 1. The first-order valence-corrected chi connectivity index (χ1v) is 10.8. The second-order valence-corrected chi connectivity index (χ2v) is 9.26. The van der Waals surface area contributed by atoms with Crippen LogP contribution in [-0.2, 0) is 16.4 Å². The summed E-state index contributed by atoms with van der Waals surface area (Å²) < 4.78 is 27.3. The second-order valence-electron chi connectivity index (χ2n) is 5.65. The predicted octanol–water partition coefficient (Wildman–Crippen LogP) is 3.07. The Morgan fingerprint density at radius 3 is 2.76 bits per heavy atom. The molecule has 0 atom stereocenters. The zero-order valence-electron chi connectivity index (χ0n) is 13.2. The van der Waals surface area contributed by atoms with Crippen LogP contribution in [0.4, 0.5) is 5.69 Å². The highest BCUT2D eigenvalue weighted by Gasteiger charge is 2.28. The van der Waals surface area contributed by atoms with E-state index in [2.05, 4.69) is 5.32 Å². The maximum Gasteiger partial charge on any atom is 0.252 e. The number of hydrogen-bond acceptors (Lipinski definition) is 3. The van der Waals surface area contributed by atoms with E-state index in [9.17, 15) is 13.2 Å². The van der Waals surface area contributed by atoms with Crippen molar-refractivity contribution in [3.8, 4) is 0 Å². The number of para-hydroxylation sites is 1. The molecule has 25 heavy (non-hydrogen) atoms. The number of nitrogens with one attached hydrogen (secondary N) is 1. The molecule has 1 aliphatic heterocycles. The third-order valence-corrected chi connectivity index (χ3v) is 6.90. The number of carbonyl (C=O) groups excluding carboxylic acids is 1. The van der Waals surface area contributed by atoms with E-state index in [0.717, 1.165) is 14.8 Å². The van der Waals surface area contributed by atoms with Crippen LogP contribution in [0.5, 0.6) is 0 Å². The number of carbonyl (C=O) groups is 1. The third-order valence-electron chi connectivity index (χ3n) is 4.00. The van der Waals surface area contributed by atoms with Crippen molar-refractivity contribution < 1.29 is 13.2 Å². The van der Waals surface area contributed by atoms with Gasteiger partial charge in [-0.25, -0.2) is 8.42 Å². The first-order valence-electron chi connectivity index (χ1n) is 7.70. The van der Waals surface area contributed by atoms with Gasteiger partial charge in [0.05, 0.1) is 17.0 Å². The van der Waals surface area contributed by atoms with Gasteiger partial charge in [-0.2, -0.15) is 0 Å². The highest BCUT2D eigenvalue weighted by Crippen LogP contribution is 2.29. The SMILES string of the molecule is O=C(NCCS(=O)(=O)N1CCc2ccccc21)c1ccc(Cl)cc1I. The highest BCUT2D eigenvalue weighted by molar-refractivity contribution is 14.1. The summed E-state index contributed by atoms with van der Waals surface area (Å²) >= 11 is 7.91. The molecule has 0 bridgehead atoms. The number of sulfonamides is 1. The van der Waals surface area contributed by atoms with Crippen molar-refractivity contribution >= 4 is 55.8 Å². The average Bonchev–Trinajstić information content (AvgIpc) is 2.99. The number of halogens is 2. The van der Waals surface area contributed by atoms with E-state index in [1.807, 2.05) is 46.9 Å². The summed E-state index contributed by atoms with van der Waals surface area (Å²) in [4.78, 5) is 12.2. The van der Waals surface area contributed by atoms with Gasteiger partial charge in [-0.3, -0.25) is 9.10 Å². The summed E-state index contributed by atoms with van der Waals surface area (Å²) in [5.74, 6) is -0.449. The fourth-order valence-corrected chi connectivity index (χ4v) is 5.31. The summed E-state index contributed by atoms with van der Waals surface area (Å²) in [7, 11) is -3.47. The van der Waals surface area contributed by atoms with E-state index in [4.69, 9.17) is 11.6 Å². The molecule has 132 valence electrons. The molecule has 1 N–H and O–H groups in total. The minimum atomic E-state index is -3.47. The van der Waals surface area contributed by atoms with Crippen molar-refractivity contribution in [3.63, 3.8) is 0 Å². The molecule has 0 saturated carbocycles. The Labute approximate surface area is 165 Å². The van der Waals surface area contributed by atoms with Gasteiger partial charge < -0.3 is 5.32 Å². The Bertz CT molecular complexity index is 918. The van der Waals surface area contributed by atoms with Crippen molar-refractivity contribution in [2.45, 2.75) is 6.42 Å². The van der Waals surface area contributed by atoms with E-state index in [1.165, 1.54) is 4.31 Å². The molecule has 0 aliphatic carbocycles. The van der Waals surface area contributed by atoms with Crippen LogP contribution in [0.25, 0.3) is 0 Å². The van der Waals surface area contributed by atoms with Crippen LogP contribution < -0.4 is 9.62 Å². The first-order chi connectivity index (χ1) is 11.9. The van der Waals surface area contributed by atoms with Crippen LogP contribution in [0.3, 0.4) is 0 Å². The minimum absolute atomic E-state index is 0.0541. The normalized spacial score (nSPS) is 13.6. The van der Waals surface area contributed by atoms with E-state index >= 15 is 0 Å². The van der Waals surface area contributed by atoms with Crippen molar-refractivity contribution in [2.75, 3.05) is 23.1 Å². The molecule has 1 heterocycles. The number of benzene rings is 2. The predicted molar refractivity (Wildman–Crippen MR) is 108 cm³/mol. The lowest BCUT2D eigenvalue weighted by molar-refractivity contribution is 0.0955. The van der Waals surface area contributed by atoms with Gasteiger partial charge in [0, 0.05) is 21.7 Å². The molecular weight excluding hydrogens is 475 g/mol. The fraction of sp³-hybridized carbons (Fsp3) is 0.235. The van der Waals surface area contributed by atoms with Gasteiger partial charge >= 0.3 is 0 Å². The van der Waals surface area contributed by atoms with Crippen LogP contribution in [0.2, 0.25) is 5.02 Å². The number of rotatable bonds is 5. The Kier molecular flexibility index (Phi) is 5.55. The Hall–Kier alpha value is -1.32. The van der Waals surface area contributed by atoms with Crippen LogP contribution in [-0.4, -0.2) is 33.2 Å². The molecule has 0 spiro atoms. The molecule has 2 aromatic carbocycles. The summed E-state index contributed by atoms with van der Waals surface area (Å²) in [6, 6.07) is 12.4. The van der Waals surface area contributed by atoms with Gasteiger partial charge in [0.15, 0.2) is 0 Å². The zero-order chi connectivity index (χ0) is 18.0. The van der Waals surface area contributed by atoms with Gasteiger partial charge in [0.25, 0.3) is 5.91 Å². The topological polar surface area (TPSA) is 66.5 Å². The van der Waals surface area contributed by atoms with Crippen molar-refractivity contribution in [3.05, 3.63) is 62.2 Å². The van der Waals surface area contributed by atoms with E-state index in [1.54, 1.807) is 18.2 Å². The molecule has 5 nitrogen and oxygen atoms in total. The molecule has 1 amide bonds. The molecule has 2 aromatic rings. The van der Waals surface area contributed by atoms with Crippen LogP contribution in [0.15, 0.2) is 42.5 Å². The summed E-state index contributed by atoms with van der Waals surface area (Å²) in [5, 5.41) is 3.22.